The van der Waals surface area contributed by atoms with E-state index in [0.717, 1.165) is 54.4 Å². The van der Waals surface area contributed by atoms with Crippen LogP contribution in [-0.2, 0) is 0 Å². The molecule has 0 saturated heterocycles. The standard InChI is InChI=1S/C42H26BrN5/c43-34-24-33(25-35(26-34)48-38-11-5-3-9-36(38)37-10-4-6-12-39(37)48)42-46-40(30-16-13-28(14-17-30)29-19-21-44-22-20-29)45-41(47-42)32-18-15-27-7-1-2-8-31(27)23-32/h1-26H. The highest BCUT2D eigenvalue weighted by atomic mass is 79.9. The second kappa shape index (κ2) is 11.7. The molecule has 0 aliphatic carbocycles. The van der Waals surface area contributed by atoms with Crippen molar-refractivity contribution in [2.24, 2.45) is 0 Å². The summed E-state index contributed by atoms with van der Waals surface area (Å²) in [6, 6.07) is 50.5. The van der Waals surface area contributed by atoms with E-state index >= 15 is 0 Å². The molecule has 0 fully saturated rings. The van der Waals surface area contributed by atoms with Crippen molar-refractivity contribution in [3.05, 3.63) is 162 Å². The molecule has 0 aliphatic rings. The number of pyridine rings is 1. The maximum atomic E-state index is 5.10. The molecule has 0 amide bonds. The Labute approximate surface area is 285 Å². The van der Waals surface area contributed by atoms with E-state index in [9.17, 15) is 0 Å². The summed E-state index contributed by atoms with van der Waals surface area (Å²) in [5.74, 6) is 1.84. The molecular weight excluding hydrogens is 654 g/mol. The van der Waals surface area contributed by atoms with Gasteiger partial charge in [0.1, 0.15) is 0 Å². The fraction of sp³-hybridized carbons (Fsp3) is 0. The predicted molar refractivity (Wildman–Crippen MR) is 199 cm³/mol. The molecule has 6 aromatic carbocycles. The number of para-hydroxylation sites is 2. The summed E-state index contributed by atoms with van der Waals surface area (Å²) in [6.07, 6.45) is 3.62. The Morgan fingerprint density at radius 1 is 0.417 bits per heavy atom. The average Bonchev–Trinajstić information content (AvgIpc) is 3.49. The van der Waals surface area contributed by atoms with Gasteiger partial charge in [-0.2, -0.15) is 0 Å². The maximum absolute atomic E-state index is 5.10. The molecular formula is C42H26BrN5. The van der Waals surface area contributed by atoms with E-state index in [4.69, 9.17) is 15.0 Å². The highest BCUT2D eigenvalue weighted by molar-refractivity contribution is 9.10. The summed E-state index contributed by atoms with van der Waals surface area (Å²) in [7, 11) is 0. The predicted octanol–water partition coefficient (Wildman–Crippen LogP) is 10.9. The van der Waals surface area contributed by atoms with Gasteiger partial charge in [-0.1, -0.05) is 113 Å². The first-order valence-electron chi connectivity index (χ1n) is 15.7. The minimum Gasteiger partial charge on any atom is -0.309 e. The minimum atomic E-state index is 0.602. The second-order valence-corrected chi connectivity index (χ2v) is 12.7. The second-order valence-electron chi connectivity index (χ2n) is 11.7. The molecule has 0 radical (unpaired) electrons. The van der Waals surface area contributed by atoms with Gasteiger partial charge in [-0.15, -0.1) is 0 Å². The smallest absolute Gasteiger partial charge is 0.164 e. The van der Waals surface area contributed by atoms with Gasteiger partial charge in [-0.05, 0) is 70.4 Å². The molecule has 48 heavy (non-hydrogen) atoms. The first-order valence-corrected chi connectivity index (χ1v) is 16.5. The fourth-order valence-corrected chi connectivity index (χ4v) is 6.96. The van der Waals surface area contributed by atoms with Crippen LogP contribution < -0.4 is 0 Å². The van der Waals surface area contributed by atoms with Crippen LogP contribution in [0.3, 0.4) is 0 Å². The number of benzene rings is 6. The molecule has 0 saturated carbocycles. The van der Waals surface area contributed by atoms with E-state index in [-0.39, 0.29) is 0 Å². The molecule has 0 atom stereocenters. The van der Waals surface area contributed by atoms with Crippen LogP contribution in [0, 0.1) is 0 Å². The van der Waals surface area contributed by atoms with Crippen molar-refractivity contribution in [3.63, 3.8) is 0 Å². The molecule has 9 rings (SSSR count). The zero-order valence-corrected chi connectivity index (χ0v) is 27.2. The van der Waals surface area contributed by atoms with E-state index in [1.54, 1.807) is 0 Å². The number of halogens is 1. The van der Waals surface area contributed by atoms with Gasteiger partial charge < -0.3 is 4.57 Å². The third kappa shape index (κ3) is 5.03. The highest BCUT2D eigenvalue weighted by Gasteiger charge is 2.17. The van der Waals surface area contributed by atoms with Crippen LogP contribution in [0.15, 0.2) is 162 Å². The molecule has 6 heteroatoms. The molecule has 0 spiro atoms. The van der Waals surface area contributed by atoms with Crippen LogP contribution in [-0.4, -0.2) is 24.5 Å². The number of fused-ring (bicyclic) bond motifs is 4. The third-order valence-electron chi connectivity index (χ3n) is 8.78. The third-order valence-corrected chi connectivity index (χ3v) is 9.24. The maximum Gasteiger partial charge on any atom is 0.164 e. The van der Waals surface area contributed by atoms with Crippen LogP contribution in [0.1, 0.15) is 0 Å². The number of aromatic nitrogens is 5. The number of rotatable bonds is 5. The average molecular weight is 681 g/mol. The Hall–Kier alpha value is -5.98. The van der Waals surface area contributed by atoms with Gasteiger partial charge in [0, 0.05) is 50.0 Å². The van der Waals surface area contributed by atoms with Crippen LogP contribution in [0.4, 0.5) is 0 Å². The van der Waals surface area contributed by atoms with E-state index in [2.05, 4.69) is 159 Å². The SMILES string of the molecule is Brc1cc(-c2nc(-c3ccc(-c4ccncc4)cc3)nc(-c3ccc4ccccc4c3)n2)cc(-n2c3ccccc3c3ccccc32)c1. The summed E-state index contributed by atoms with van der Waals surface area (Å²) in [5.41, 5.74) is 8.26. The van der Waals surface area contributed by atoms with Crippen LogP contribution in [0.5, 0.6) is 0 Å². The van der Waals surface area contributed by atoms with E-state index in [0.29, 0.717) is 17.5 Å². The van der Waals surface area contributed by atoms with Crippen molar-refractivity contribution in [1.82, 2.24) is 24.5 Å². The molecule has 0 aliphatic heterocycles. The van der Waals surface area contributed by atoms with Gasteiger partial charge in [0.2, 0.25) is 0 Å². The van der Waals surface area contributed by atoms with Gasteiger partial charge in [0.05, 0.1) is 11.0 Å². The lowest BCUT2D eigenvalue weighted by atomic mass is 10.0. The summed E-state index contributed by atoms with van der Waals surface area (Å²) < 4.78 is 3.25. The molecule has 5 nitrogen and oxygen atoms in total. The zero-order chi connectivity index (χ0) is 32.0. The molecule has 226 valence electrons. The van der Waals surface area contributed by atoms with Gasteiger partial charge in [-0.25, -0.2) is 15.0 Å². The van der Waals surface area contributed by atoms with Gasteiger partial charge in [-0.3, -0.25) is 4.98 Å². The highest BCUT2D eigenvalue weighted by Crippen LogP contribution is 2.35. The van der Waals surface area contributed by atoms with E-state index < -0.39 is 0 Å². The van der Waals surface area contributed by atoms with Crippen LogP contribution in [0.25, 0.3) is 83.6 Å². The van der Waals surface area contributed by atoms with Crippen molar-refractivity contribution in [3.8, 4) is 51.0 Å². The Kier molecular flexibility index (Phi) is 6.87. The Balaban J connectivity index is 1.23. The monoisotopic (exact) mass is 679 g/mol. The lowest BCUT2D eigenvalue weighted by Gasteiger charge is -2.13. The minimum absolute atomic E-state index is 0.602. The lowest BCUT2D eigenvalue weighted by molar-refractivity contribution is 1.07. The van der Waals surface area contributed by atoms with E-state index in [1.807, 2.05) is 24.5 Å². The van der Waals surface area contributed by atoms with Gasteiger partial charge in [0.15, 0.2) is 17.5 Å². The summed E-state index contributed by atoms with van der Waals surface area (Å²) in [6.45, 7) is 0. The summed E-state index contributed by atoms with van der Waals surface area (Å²) in [4.78, 5) is 19.4. The Bertz CT molecular complexity index is 2570. The Morgan fingerprint density at radius 2 is 0.958 bits per heavy atom. The quantitative estimate of drug-likeness (QED) is 0.182. The topological polar surface area (TPSA) is 56.5 Å². The molecule has 0 bridgehead atoms. The molecule has 9 aromatic rings. The van der Waals surface area contributed by atoms with E-state index in [1.165, 1.54) is 16.2 Å². The largest absolute Gasteiger partial charge is 0.309 e. The fourth-order valence-electron chi connectivity index (χ4n) is 6.48. The number of nitrogens with zero attached hydrogens (tertiary/aromatic N) is 5. The first-order chi connectivity index (χ1) is 23.7. The van der Waals surface area contributed by atoms with Crippen LogP contribution in [0.2, 0.25) is 0 Å². The molecule has 3 heterocycles. The van der Waals surface area contributed by atoms with Crippen molar-refractivity contribution >= 4 is 48.5 Å². The van der Waals surface area contributed by atoms with Gasteiger partial charge >= 0.3 is 0 Å². The van der Waals surface area contributed by atoms with Crippen molar-refractivity contribution in [1.29, 1.82) is 0 Å². The van der Waals surface area contributed by atoms with Crippen molar-refractivity contribution < 1.29 is 0 Å². The number of hydrogen-bond acceptors (Lipinski definition) is 4. The van der Waals surface area contributed by atoms with Crippen LogP contribution >= 0.6 is 15.9 Å². The molecule has 0 N–H and O–H groups in total. The van der Waals surface area contributed by atoms with Crippen molar-refractivity contribution in [2.45, 2.75) is 0 Å². The lowest BCUT2D eigenvalue weighted by Crippen LogP contribution is -2.01. The summed E-state index contributed by atoms with van der Waals surface area (Å²) in [5, 5.41) is 4.73. The normalized spacial score (nSPS) is 11.4. The number of hydrogen-bond donors (Lipinski definition) is 0. The molecule has 3 aromatic heterocycles. The van der Waals surface area contributed by atoms with Gasteiger partial charge in [0.25, 0.3) is 0 Å². The van der Waals surface area contributed by atoms with Crippen molar-refractivity contribution in [2.75, 3.05) is 0 Å². The molecule has 0 unspecified atom stereocenters. The first kappa shape index (κ1) is 28.3. The zero-order valence-electron chi connectivity index (χ0n) is 25.6. The Morgan fingerprint density at radius 3 is 1.67 bits per heavy atom. The summed E-state index contributed by atoms with van der Waals surface area (Å²) >= 11 is 3.82.